The van der Waals surface area contributed by atoms with Crippen molar-refractivity contribution >= 4 is 77.9 Å². The number of para-hydroxylation sites is 6. The Labute approximate surface area is 343 Å². The average Bonchev–Trinajstić information content (AvgIpc) is 3.91. The number of aromatic nitrogens is 2. The Kier molecular flexibility index (Phi) is 7.49. The first kappa shape index (κ1) is 35.3. The highest BCUT2D eigenvalue weighted by molar-refractivity contribution is 6.13. The fourth-order valence-electron chi connectivity index (χ4n) is 9.17. The van der Waals surface area contributed by atoms with Crippen LogP contribution in [0.2, 0.25) is 0 Å². The van der Waals surface area contributed by atoms with Crippen molar-refractivity contribution in [2.24, 2.45) is 0 Å². The van der Waals surface area contributed by atoms with Crippen LogP contribution in [0.3, 0.4) is 0 Å². The van der Waals surface area contributed by atoms with Gasteiger partial charge < -0.3 is 8.83 Å². The lowest BCUT2D eigenvalue weighted by molar-refractivity contribution is 0.545. The molecule has 6 nitrogen and oxygen atoms in total. The molecule has 0 unspecified atom stereocenters. The van der Waals surface area contributed by atoms with Crippen LogP contribution in [0.4, 0.5) is 23.0 Å². The van der Waals surface area contributed by atoms with E-state index in [4.69, 9.17) is 18.8 Å². The summed E-state index contributed by atoms with van der Waals surface area (Å²) in [6, 6.07) is 55.9. The van der Waals surface area contributed by atoms with E-state index >= 15 is 0 Å². The Hall–Kier alpha value is -6.92. The van der Waals surface area contributed by atoms with Gasteiger partial charge in [0.1, 0.15) is 11.2 Å². The zero-order valence-corrected chi connectivity index (χ0v) is 34.1. The summed E-state index contributed by atoms with van der Waals surface area (Å²) in [5, 5.41) is 4.19. The van der Waals surface area contributed by atoms with Crippen LogP contribution in [0.15, 0.2) is 167 Å². The Balaban J connectivity index is 1.35. The van der Waals surface area contributed by atoms with Gasteiger partial charge in [-0.15, -0.1) is 0 Å². The molecule has 1 aliphatic heterocycles. The summed E-state index contributed by atoms with van der Waals surface area (Å²) < 4.78 is 13.8. The minimum absolute atomic E-state index is 0.0569. The zero-order chi connectivity index (χ0) is 40.3. The summed E-state index contributed by atoms with van der Waals surface area (Å²) in [5.74, 6) is 1.43. The van der Waals surface area contributed by atoms with Gasteiger partial charge in [-0.1, -0.05) is 163 Å². The molecule has 0 saturated carbocycles. The zero-order valence-electron chi connectivity index (χ0n) is 34.1. The number of fused-ring (bicyclic) bond motifs is 8. The number of hydrogen-bond donors (Lipinski definition) is 0. The summed E-state index contributed by atoms with van der Waals surface area (Å²) in [7, 11) is 0. The number of anilines is 4. The molecule has 0 spiro atoms. The Bertz CT molecular complexity index is 3030. The summed E-state index contributed by atoms with van der Waals surface area (Å²) in [4.78, 5) is 15.9. The van der Waals surface area contributed by atoms with Gasteiger partial charge in [0, 0.05) is 32.7 Å². The molecule has 0 radical (unpaired) electrons. The predicted octanol–water partition coefficient (Wildman–Crippen LogP) is 14.2. The van der Waals surface area contributed by atoms with Gasteiger partial charge in [-0.3, -0.25) is 9.80 Å². The third-order valence-electron chi connectivity index (χ3n) is 12.2. The van der Waals surface area contributed by atoms with Gasteiger partial charge in [-0.05, 0) is 58.4 Å². The van der Waals surface area contributed by atoms with Gasteiger partial charge in [0.2, 0.25) is 0 Å². The maximum Gasteiger partial charge on any atom is 0.180 e. The molecule has 0 fully saturated rings. The second-order valence-electron chi connectivity index (χ2n) is 17.9. The SMILES string of the molecule is CC(C)(C)c1ccc(C2(c3ccc(C(C)(C)C)cc3)N(c3cccc4c3oc3ccccc34)c3nc4ccccc4nc3N2c2cccc3c2oc2ccccc23)cc1. The van der Waals surface area contributed by atoms with Crippen LogP contribution in [0.5, 0.6) is 0 Å². The van der Waals surface area contributed by atoms with E-state index in [1.807, 2.05) is 48.5 Å². The molecule has 0 atom stereocenters. The van der Waals surface area contributed by atoms with Gasteiger partial charge in [-0.25, -0.2) is 9.97 Å². The van der Waals surface area contributed by atoms with Crippen molar-refractivity contribution in [3.8, 4) is 0 Å². The topological polar surface area (TPSA) is 58.5 Å². The lowest BCUT2D eigenvalue weighted by atomic mass is 9.81. The van der Waals surface area contributed by atoms with Crippen LogP contribution in [0, 0.1) is 0 Å². The van der Waals surface area contributed by atoms with Crippen molar-refractivity contribution in [3.05, 3.63) is 180 Å². The summed E-state index contributed by atoms with van der Waals surface area (Å²) in [6.07, 6.45) is 0. The highest BCUT2D eigenvalue weighted by Crippen LogP contribution is 2.61. The molecule has 11 rings (SSSR count). The minimum atomic E-state index is -1.10. The van der Waals surface area contributed by atoms with E-state index in [-0.39, 0.29) is 10.8 Å². The fraction of sp³-hybridized carbons (Fsp3) is 0.170. The summed E-state index contributed by atoms with van der Waals surface area (Å²) in [6.45, 7) is 13.6. The van der Waals surface area contributed by atoms with Gasteiger partial charge in [0.05, 0.1) is 22.4 Å². The number of furan rings is 2. The van der Waals surface area contributed by atoms with Crippen LogP contribution >= 0.6 is 0 Å². The van der Waals surface area contributed by atoms with Crippen LogP contribution in [-0.2, 0) is 16.5 Å². The molecule has 10 aromatic rings. The fourth-order valence-corrected chi connectivity index (χ4v) is 9.17. The highest BCUT2D eigenvalue weighted by atomic mass is 16.3. The van der Waals surface area contributed by atoms with Crippen LogP contribution in [0.1, 0.15) is 63.8 Å². The molecular formula is C53H44N4O2. The van der Waals surface area contributed by atoms with E-state index in [0.29, 0.717) is 11.6 Å². The van der Waals surface area contributed by atoms with Crippen molar-refractivity contribution in [3.63, 3.8) is 0 Å². The van der Waals surface area contributed by atoms with E-state index in [0.717, 1.165) is 77.4 Å². The number of benzene rings is 7. The molecule has 3 aromatic heterocycles. The first-order chi connectivity index (χ1) is 28.5. The van der Waals surface area contributed by atoms with Crippen molar-refractivity contribution in [2.45, 2.75) is 58.0 Å². The molecular weight excluding hydrogens is 725 g/mol. The normalized spacial score (nSPS) is 14.3. The van der Waals surface area contributed by atoms with E-state index in [9.17, 15) is 0 Å². The molecule has 0 amide bonds. The van der Waals surface area contributed by atoms with E-state index in [1.165, 1.54) is 11.1 Å². The quantitative estimate of drug-likeness (QED) is 0.178. The molecule has 59 heavy (non-hydrogen) atoms. The molecule has 7 aromatic carbocycles. The minimum Gasteiger partial charge on any atom is -0.454 e. The van der Waals surface area contributed by atoms with Gasteiger partial charge in [0.25, 0.3) is 0 Å². The predicted molar refractivity (Wildman–Crippen MR) is 242 cm³/mol. The van der Waals surface area contributed by atoms with E-state index in [2.05, 4.69) is 161 Å². The molecule has 0 saturated heterocycles. The van der Waals surface area contributed by atoms with Crippen molar-refractivity contribution < 1.29 is 8.83 Å². The van der Waals surface area contributed by atoms with Crippen molar-refractivity contribution in [1.82, 2.24) is 9.97 Å². The Morgan fingerprint density at radius 2 is 0.780 bits per heavy atom. The first-order valence-electron chi connectivity index (χ1n) is 20.4. The summed E-state index contributed by atoms with van der Waals surface area (Å²) >= 11 is 0. The smallest absolute Gasteiger partial charge is 0.180 e. The maximum absolute atomic E-state index is 6.92. The summed E-state index contributed by atoms with van der Waals surface area (Å²) in [5.41, 5.74) is 9.93. The molecule has 0 aliphatic carbocycles. The van der Waals surface area contributed by atoms with E-state index < -0.39 is 5.66 Å². The second-order valence-corrected chi connectivity index (χ2v) is 17.9. The van der Waals surface area contributed by atoms with Crippen molar-refractivity contribution in [2.75, 3.05) is 9.80 Å². The molecule has 288 valence electrons. The first-order valence-corrected chi connectivity index (χ1v) is 20.4. The average molecular weight is 769 g/mol. The second kappa shape index (κ2) is 12.5. The van der Waals surface area contributed by atoms with Gasteiger partial charge in [0.15, 0.2) is 28.5 Å². The Morgan fingerprint density at radius 3 is 1.19 bits per heavy atom. The van der Waals surface area contributed by atoms with Gasteiger partial charge >= 0.3 is 0 Å². The standard InChI is InChI=1S/C53H44N4O2/c1-51(2,3)33-25-29-35(30-26-33)53(36-31-27-34(28-32-36)52(4,5)6)56(43-21-13-17-39-37-15-7-11-23-45(37)58-47(39)43)49-50(55-42-20-10-9-19-41(42)54-49)57(53)44-22-14-18-40-38-16-8-12-24-46(38)59-48(40)44/h7-32H,1-6H3. The van der Waals surface area contributed by atoms with Crippen LogP contribution < -0.4 is 9.80 Å². The third kappa shape index (κ3) is 5.18. The number of rotatable bonds is 4. The van der Waals surface area contributed by atoms with Crippen molar-refractivity contribution in [1.29, 1.82) is 0 Å². The maximum atomic E-state index is 6.92. The Morgan fingerprint density at radius 1 is 0.407 bits per heavy atom. The third-order valence-corrected chi connectivity index (χ3v) is 12.2. The number of nitrogens with zero attached hydrogens (tertiary/aromatic N) is 4. The number of hydrogen-bond acceptors (Lipinski definition) is 6. The van der Waals surface area contributed by atoms with Gasteiger partial charge in [-0.2, -0.15) is 0 Å². The lowest BCUT2D eigenvalue weighted by Crippen LogP contribution is -2.52. The molecule has 6 heteroatoms. The van der Waals surface area contributed by atoms with Crippen LogP contribution in [-0.4, -0.2) is 9.97 Å². The monoisotopic (exact) mass is 768 g/mol. The highest BCUT2D eigenvalue weighted by Gasteiger charge is 2.57. The molecule has 1 aliphatic rings. The van der Waals surface area contributed by atoms with E-state index in [1.54, 1.807) is 0 Å². The van der Waals surface area contributed by atoms with Crippen LogP contribution in [0.25, 0.3) is 54.9 Å². The lowest BCUT2D eigenvalue weighted by Gasteiger charge is -2.46. The molecule has 4 heterocycles. The molecule has 0 N–H and O–H groups in total. The molecule has 0 bridgehead atoms. The largest absolute Gasteiger partial charge is 0.454 e.